The largest absolute Gasteiger partial charge is 0.352 e. The Hall–Kier alpha value is -4.64. The molecular formula is C33H22FNO3. The van der Waals surface area contributed by atoms with E-state index in [2.05, 4.69) is 0 Å². The number of carbonyl (C=O) groups excluding carboxylic acids is 3. The van der Waals surface area contributed by atoms with Gasteiger partial charge in [0, 0.05) is 28.3 Å². The van der Waals surface area contributed by atoms with Crippen molar-refractivity contribution in [2.24, 2.45) is 5.41 Å². The molecule has 2 aliphatic heterocycles. The van der Waals surface area contributed by atoms with Crippen molar-refractivity contribution in [3.8, 4) is 0 Å². The molecule has 1 saturated heterocycles. The van der Waals surface area contributed by atoms with Crippen LogP contribution in [0.15, 0.2) is 109 Å². The number of ketones is 3. The van der Waals surface area contributed by atoms with Crippen LogP contribution >= 0.6 is 0 Å². The molecule has 7 rings (SSSR count). The van der Waals surface area contributed by atoms with E-state index in [-0.39, 0.29) is 22.9 Å². The monoisotopic (exact) mass is 499 g/mol. The number of rotatable bonds is 3. The molecule has 0 aromatic heterocycles. The van der Waals surface area contributed by atoms with Crippen LogP contribution in [0.5, 0.6) is 0 Å². The van der Waals surface area contributed by atoms with Gasteiger partial charge in [0.15, 0.2) is 17.3 Å². The lowest BCUT2D eigenvalue weighted by molar-refractivity contribution is 0.0664. The molecule has 0 amide bonds. The van der Waals surface area contributed by atoms with Gasteiger partial charge in [-0.1, -0.05) is 103 Å². The topological polar surface area (TPSA) is 54.5 Å². The van der Waals surface area contributed by atoms with Crippen molar-refractivity contribution < 1.29 is 18.8 Å². The Morgan fingerprint density at radius 3 is 2.05 bits per heavy atom. The van der Waals surface area contributed by atoms with E-state index in [1.165, 1.54) is 6.07 Å². The van der Waals surface area contributed by atoms with Gasteiger partial charge in [-0.05, 0) is 23.3 Å². The van der Waals surface area contributed by atoms with Gasteiger partial charge in [0.1, 0.15) is 17.3 Å². The second-order valence-corrected chi connectivity index (χ2v) is 10.0. The molecule has 38 heavy (non-hydrogen) atoms. The summed E-state index contributed by atoms with van der Waals surface area (Å²) in [5, 5.41) is 0. The molecule has 0 unspecified atom stereocenters. The molecule has 0 saturated carbocycles. The van der Waals surface area contributed by atoms with Gasteiger partial charge in [-0.3, -0.25) is 14.4 Å². The molecule has 1 aliphatic carbocycles. The SMILES string of the molecule is O=C(c1ccccc1)[C@@H]1[C@H](c2ccccc2F)C2(C(=O)c3ccccc3C2=O)[C@@H]2C=Cc3ccccc3N12. The van der Waals surface area contributed by atoms with Crippen LogP contribution in [0.3, 0.4) is 0 Å². The number of halogens is 1. The van der Waals surface area contributed by atoms with E-state index in [0.29, 0.717) is 16.7 Å². The maximum atomic E-state index is 15.7. The minimum Gasteiger partial charge on any atom is -0.352 e. The number of fused-ring (bicyclic) bond motifs is 5. The standard InChI is InChI=1S/C33H22FNO3/c34-25-16-8-7-15-24(25)28-29(30(36)21-11-2-1-3-12-21)35-26-17-9-4-10-20(26)18-19-27(35)33(28)31(37)22-13-5-6-14-23(22)32(33)38/h1-19,27-29H/t27-,28-,29-/m0/s1. The highest BCUT2D eigenvalue weighted by Gasteiger charge is 2.71. The lowest BCUT2D eigenvalue weighted by Gasteiger charge is -2.37. The van der Waals surface area contributed by atoms with E-state index in [1.54, 1.807) is 66.7 Å². The van der Waals surface area contributed by atoms with Crippen molar-refractivity contribution in [3.05, 3.63) is 143 Å². The maximum absolute atomic E-state index is 15.7. The van der Waals surface area contributed by atoms with Gasteiger partial charge >= 0.3 is 0 Å². The summed E-state index contributed by atoms with van der Waals surface area (Å²) in [7, 11) is 0. The van der Waals surface area contributed by atoms with Crippen LogP contribution in [0.2, 0.25) is 0 Å². The normalized spacial score (nSPS) is 22.3. The van der Waals surface area contributed by atoms with Gasteiger partial charge in [-0.15, -0.1) is 0 Å². The average molecular weight is 500 g/mol. The van der Waals surface area contributed by atoms with E-state index in [0.717, 1.165) is 11.3 Å². The summed E-state index contributed by atoms with van der Waals surface area (Å²) in [4.78, 5) is 45.3. The van der Waals surface area contributed by atoms with Crippen molar-refractivity contribution in [2.75, 3.05) is 4.90 Å². The summed E-state index contributed by atoms with van der Waals surface area (Å²) >= 11 is 0. The van der Waals surface area contributed by atoms with Crippen LogP contribution in [0, 0.1) is 11.2 Å². The molecule has 184 valence electrons. The van der Waals surface area contributed by atoms with Crippen LogP contribution in [0.25, 0.3) is 6.08 Å². The Morgan fingerprint density at radius 2 is 1.34 bits per heavy atom. The van der Waals surface area contributed by atoms with Crippen molar-refractivity contribution in [1.82, 2.24) is 0 Å². The lowest BCUT2D eigenvalue weighted by atomic mass is 9.64. The van der Waals surface area contributed by atoms with Crippen molar-refractivity contribution in [1.29, 1.82) is 0 Å². The van der Waals surface area contributed by atoms with Crippen molar-refractivity contribution >= 4 is 29.1 Å². The average Bonchev–Trinajstić information content (AvgIpc) is 3.39. The highest BCUT2D eigenvalue weighted by molar-refractivity contribution is 6.32. The summed E-state index contributed by atoms with van der Waals surface area (Å²) in [6.07, 6.45) is 3.74. The summed E-state index contributed by atoms with van der Waals surface area (Å²) in [5.41, 5.74) is 1.18. The number of para-hydroxylation sites is 1. The number of carbonyl (C=O) groups is 3. The summed E-state index contributed by atoms with van der Waals surface area (Å²) in [5.74, 6) is -2.59. The van der Waals surface area contributed by atoms with Crippen LogP contribution < -0.4 is 4.90 Å². The maximum Gasteiger partial charge on any atom is 0.185 e. The van der Waals surface area contributed by atoms with Gasteiger partial charge in [0.05, 0.1) is 6.04 Å². The zero-order chi connectivity index (χ0) is 26.0. The zero-order valence-corrected chi connectivity index (χ0v) is 20.3. The van der Waals surface area contributed by atoms with Crippen LogP contribution in [-0.2, 0) is 0 Å². The number of hydrogen-bond donors (Lipinski definition) is 0. The third kappa shape index (κ3) is 2.81. The number of hydrogen-bond acceptors (Lipinski definition) is 4. The predicted molar refractivity (Wildman–Crippen MR) is 143 cm³/mol. The Kier molecular flexibility index (Phi) is 4.86. The van der Waals surface area contributed by atoms with Crippen LogP contribution in [0.1, 0.15) is 48.1 Å². The molecule has 3 atom stereocenters. The Morgan fingerprint density at radius 1 is 0.737 bits per heavy atom. The predicted octanol–water partition coefficient (Wildman–Crippen LogP) is 6.14. The second kappa shape index (κ2) is 8.18. The molecule has 1 spiro atoms. The highest BCUT2D eigenvalue weighted by Crippen LogP contribution is 2.61. The smallest absolute Gasteiger partial charge is 0.185 e. The van der Waals surface area contributed by atoms with E-state index in [4.69, 9.17) is 0 Å². The molecule has 2 heterocycles. The summed E-state index contributed by atoms with van der Waals surface area (Å²) < 4.78 is 15.7. The van der Waals surface area contributed by atoms with Gasteiger partial charge in [-0.25, -0.2) is 4.39 Å². The molecule has 0 N–H and O–H groups in total. The molecule has 0 radical (unpaired) electrons. The molecule has 1 fully saturated rings. The minimum atomic E-state index is -1.70. The summed E-state index contributed by atoms with van der Waals surface area (Å²) in [6, 6.07) is 27.6. The zero-order valence-electron chi connectivity index (χ0n) is 20.3. The molecule has 3 aliphatic rings. The molecule has 4 nitrogen and oxygen atoms in total. The Bertz CT molecular complexity index is 1640. The fourth-order valence-electron chi connectivity index (χ4n) is 6.76. The highest BCUT2D eigenvalue weighted by atomic mass is 19.1. The number of nitrogens with zero attached hydrogens (tertiary/aromatic N) is 1. The van der Waals surface area contributed by atoms with Gasteiger partial charge in [0.25, 0.3) is 0 Å². The van der Waals surface area contributed by atoms with Gasteiger partial charge < -0.3 is 4.90 Å². The number of Topliss-reactive ketones (excluding diaryl/α,β-unsaturated/α-hetero) is 3. The van der Waals surface area contributed by atoms with E-state index in [9.17, 15) is 14.4 Å². The van der Waals surface area contributed by atoms with Crippen molar-refractivity contribution in [2.45, 2.75) is 18.0 Å². The molecular weight excluding hydrogens is 477 g/mol. The quantitative estimate of drug-likeness (QED) is 0.251. The number of benzene rings is 4. The van der Waals surface area contributed by atoms with Crippen molar-refractivity contribution in [3.63, 3.8) is 0 Å². The van der Waals surface area contributed by atoms with Crippen LogP contribution in [0.4, 0.5) is 10.1 Å². The Balaban J connectivity index is 1.57. The minimum absolute atomic E-state index is 0.191. The third-order valence-corrected chi connectivity index (χ3v) is 8.28. The first-order chi connectivity index (χ1) is 18.5. The van der Waals surface area contributed by atoms with E-state index >= 15 is 4.39 Å². The molecule has 4 aromatic rings. The molecule has 5 heteroatoms. The van der Waals surface area contributed by atoms with E-state index in [1.807, 2.05) is 47.4 Å². The Labute approximate surface area is 219 Å². The number of anilines is 1. The first kappa shape index (κ1) is 22.5. The summed E-state index contributed by atoms with van der Waals surface area (Å²) in [6.45, 7) is 0. The first-order valence-electron chi connectivity index (χ1n) is 12.6. The molecule has 0 bridgehead atoms. The second-order valence-electron chi connectivity index (χ2n) is 10.0. The first-order valence-corrected chi connectivity index (χ1v) is 12.6. The fraction of sp³-hybridized carbons (Fsp3) is 0.121. The lowest BCUT2D eigenvalue weighted by Crippen LogP contribution is -2.48. The van der Waals surface area contributed by atoms with E-state index < -0.39 is 29.2 Å². The fourth-order valence-corrected chi connectivity index (χ4v) is 6.76. The van der Waals surface area contributed by atoms with Gasteiger partial charge in [-0.2, -0.15) is 0 Å². The van der Waals surface area contributed by atoms with Gasteiger partial charge in [0.2, 0.25) is 0 Å². The molecule has 4 aromatic carbocycles. The van der Waals surface area contributed by atoms with Crippen LogP contribution in [-0.4, -0.2) is 29.4 Å². The third-order valence-electron chi connectivity index (χ3n) is 8.28.